The molecule has 1 aromatic heterocycles. The highest BCUT2D eigenvalue weighted by Crippen LogP contribution is 2.39. The Labute approximate surface area is 217 Å². The minimum absolute atomic E-state index is 0.120. The normalized spacial score (nSPS) is 21.0. The number of likely N-dealkylation sites (N-methyl/N-ethyl adjacent to an activating group) is 1. The first-order chi connectivity index (χ1) is 18.4. The molecule has 2 aliphatic heterocycles. The molecule has 1 saturated heterocycles. The largest absolute Gasteiger partial charge is 0.488 e. The van der Waals surface area contributed by atoms with Crippen LogP contribution < -0.4 is 10.4 Å². The molecule has 2 N–H and O–H groups in total. The molecule has 3 aromatic carbocycles. The third kappa shape index (κ3) is 4.28. The SMILES string of the molecule is CN1CC[C@@H](n2/c(=N/C#N)[nH]c3cc(/C=C4\c5ccc(F)cc5COc5cc(F)ccc54)ccc32)[C@H](O)C1. The van der Waals surface area contributed by atoms with E-state index in [0.717, 1.165) is 40.7 Å². The van der Waals surface area contributed by atoms with Gasteiger partial charge in [0.25, 0.3) is 0 Å². The number of aromatic nitrogens is 2. The minimum atomic E-state index is -0.605. The molecule has 0 spiro atoms. The molecule has 9 heteroatoms. The van der Waals surface area contributed by atoms with E-state index in [1.807, 2.05) is 42.1 Å². The smallest absolute Gasteiger partial charge is 0.219 e. The van der Waals surface area contributed by atoms with Crippen LogP contribution in [0.5, 0.6) is 5.75 Å². The number of aliphatic hydroxyl groups excluding tert-OH is 1. The zero-order valence-electron chi connectivity index (χ0n) is 20.7. The molecule has 0 saturated carbocycles. The quantitative estimate of drug-likeness (QED) is 0.390. The molecule has 192 valence electrons. The van der Waals surface area contributed by atoms with Crippen LogP contribution in [0.25, 0.3) is 22.7 Å². The molecule has 0 amide bonds. The predicted octanol–water partition coefficient (Wildman–Crippen LogP) is 4.35. The second kappa shape index (κ2) is 9.56. The summed E-state index contributed by atoms with van der Waals surface area (Å²) in [4.78, 5) is 9.30. The first kappa shape index (κ1) is 24.1. The monoisotopic (exact) mass is 513 g/mol. The molecule has 3 heterocycles. The van der Waals surface area contributed by atoms with Crippen molar-refractivity contribution in [2.75, 3.05) is 20.1 Å². The van der Waals surface area contributed by atoms with Crippen LogP contribution in [0, 0.1) is 23.1 Å². The number of fused-ring (bicyclic) bond motifs is 3. The van der Waals surface area contributed by atoms with Gasteiger partial charge in [-0.1, -0.05) is 12.1 Å². The first-order valence-corrected chi connectivity index (χ1v) is 12.4. The van der Waals surface area contributed by atoms with Crippen LogP contribution >= 0.6 is 0 Å². The van der Waals surface area contributed by atoms with Crippen molar-refractivity contribution in [2.24, 2.45) is 4.99 Å². The molecule has 6 rings (SSSR count). The molecular weight excluding hydrogens is 488 g/mol. The zero-order valence-corrected chi connectivity index (χ0v) is 20.7. The topological polar surface area (TPSA) is 89.6 Å². The van der Waals surface area contributed by atoms with Crippen molar-refractivity contribution >= 4 is 22.7 Å². The van der Waals surface area contributed by atoms with E-state index in [2.05, 4.69) is 14.9 Å². The van der Waals surface area contributed by atoms with Gasteiger partial charge in [-0.05, 0) is 72.6 Å². The van der Waals surface area contributed by atoms with Gasteiger partial charge in [0, 0.05) is 30.3 Å². The number of aromatic amines is 1. The van der Waals surface area contributed by atoms with Gasteiger partial charge in [-0.25, -0.2) is 8.78 Å². The van der Waals surface area contributed by atoms with Crippen LogP contribution in [0.15, 0.2) is 59.6 Å². The number of halogens is 2. The van der Waals surface area contributed by atoms with E-state index >= 15 is 0 Å². The van der Waals surface area contributed by atoms with Gasteiger partial charge in [0.1, 0.15) is 24.0 Å². The van der Waals surface area contributed by atoms with Gasteiger partial charge in [0.2, 0.25) is 11.8 Å². The third-order valence-electron chi connectivity index (χ3n) is 7.28. The molecule has 4 aromatic rings. The number of H-pyrrole nitrogens is 1. The van der Waals surface area contributed by atoms with Gasteiger partial charge in [0.05, 0.1) is 23.2 Å². The first-order valence-electron chi connectivity index (χ1n) is 12.4. The van der Waals surface area contributed by atoms with Crippen LogP contribution in [-0.4, -0.2) is 45.8 Å². The Hall–Kier alpha value is -4.26. The summed E-state index contributed by atoms with van der Waals surface area (Å²) in [6.07, 6.45) is 3.93. The highest BCUT2D eigenvalue weighted by atomic mass is 19.1. The number of nitrogens with one attached hydrogen (secondary N) is 1. The molecule has 0 unspecified atom stereocenters. The van der Waals surface area contributed by atoms with Crippen LogP contribution in [0.1, 0.15) is 34.7 Å². The number of nitrogens with zero attached hydrogens (tertiary/aromatic N) is 4. The fourth-order valence-corrected chi connectivity index (χ4v) is 5.50. The number of β-amino-alcohol motifs (C(OH)–C–C–N with tert-alkyl or cyclic N) is 1. The average Bonchev–Trinajstić information content (AvgIpc) is 3.16. The fraction of sp³-hybridized carbons (Fsp3) is 0.241. The van der Waals surface area contributed by atoms with Crippen LogP contribution in [-0.2, 0) is 6.61 Å². The second-order valence-electron chi connectivity index (χ2n) is 9.78. The number of hydrogen-bond donors (Lipinski definition) is 2. The molecular formula is C29H25F2N5O2. The molecule has 0 radical (unpaired) electrons. The Morgan fingerprint density at radius 1 is 1.11 bits per heavy atom. The Morgan fingerprint density at radius 2 is 1.89 bits per heavy atom. The number of hydrogen-bond acceptors (Lipinski definition) is 5. The molecule has 1 fully saturated rings. The van der Waals surface area contributed by atoms with Crippen molar-refractivity contribution in [1.82, 2.24) is 14.5 Å². The van der Waals surface area contributed by atoms with Crippen molar-refractivity contribution < 1.29 is 18.6 Å². The highest BCUT2D eigenvalue weighted by Gasteiger charge is 2.29. The number of benzene rings is 3. The number of nitriles is 1. The van der Waals surface area contributed by atoms with Crippen molar-refractivity contribution in [2.45, 2.75) is 25.2 Å². The van der Waals surface area contributed by atoms with E-state index in [0.29, 0.717) is 29.0 Å². The number of likely N-dealkylation sites (tertiary alicyclic amines) is 1. The standard InChI is InChI=1S/C29H25F2N5O2/c1-35-9-8-26(27(37)14-35)36-25-7-2-17(11-24(25)34-29(36)33-16-32)10-23-21-5-3-19(30)12-18(21)15-38-28-13-20(31)4-6-22(23)28/h2-7,10-13,26-27,37H,8-9,14-15H2,1H3,(H,33,34)/b23-10+/t26-,27-/m1/s1. The lowest BCUT2D eigenvalue weighted by Gasteiger charge is -2.34. The molecule has 0 bridgehead atoms. The third-order valence-corrected chi connectivity index (χ3v) is 7.28. The molecule has 38 heavy (non-hydrogen) atoms. The van der Waals surface area contributed by atoms with Gasteiger partial charge in [-0.3, -0.25) is 0 Å². The highest BCUT2D eigenvalue weighted by molar-refractivity contribution is 5.95. The van der Waals surface area contributed by atoms with Crippen LogP contribution in [0.3, 0.4) is 0 Å². The van der Waals surface area contributed by atoms with Gasteiger partial charge < -0.3 is 24.3 Å². The van der Waals surface area contributed by atoms with Crippen molar-refractivity contribution in [3.8, 4) is 11.9 Å². The maximum absolute atomic E-state index is 14.1. The van der Waals surface area contributed by atoms with Crippen molar-refractivity contribution in [3.63, 3.8) is 0 Å². The average molecular weight is 514 g/mol. The molecule has 0 aliphatic carbocycles. The van der Waals surface area contributed by atoms with Gasteiger partial charge in [0.15, 0.2) is 0 Å². The Balaban J connectivity index is 1.51. The summed E-state index contributed by atoms with van der Waals surface area (Å²) >= 11 is 0. The number of aliphatic hydroxyl groups is 1. The van der Waals surface area contributed by atoms with E-state index in [9.17, 15) is 19.1 Å². The maximum atomic E-state index is 14.1. The van der Waals surface area contributed by atoms with Gasteiger partial charge in [-0.2, -0.15) is 5.26 Å². The second-order valence-corrected chi connectivity index (χ2v) is 9.78. The maximum Gasteiger partial charge on any atom is 0.219 e. The Bertz CT molecular complexity index is 1640. The summed E-state index contributed by atoms with van der Waals surface area (Å²) in [6, 6.07) is 14.5. The summed E-state index contributed by atoms with van der Waals surface area (Å²) in [5, 5.41) is 20.1. The number of piperidine rings is 1. The molecule has 2 atom stereocenters. The van der Waals surface area contributed by atoms with E-state index in [1.165, 1.54) is 24.3 Å². The van der Waals surface area contributed by atoms with Gasteiger partial charge in [-0.15, -0.1) is 4.99 Å². The lowest BCUT2D eigenvalue weighted by Crippen LogP contribution is -2.44. The van der Waals surface area contributed by atoms with Crippen LogP contribution in [0.4, 0.5) is 8.78 Å². The van der Waals surface area contributed by atoms with E-state index in [-0.39, 0.29) is 18.5 Å². The lowest BCUT2D eigenvalue weighted by molar-refractivity contribution is 0.0381. The van der Waals surface area contributed by atoms with Crippen molar-refractivity contribution in [3.05, 3.63) is 94.1 Å². The Kier molecular flexibility index (Phi) is 6.06. The van der Waals surface area contributed by atoms with E-state index in [4.69, 9.17) is 4.74 Å². The van der Waals surface area contributed by atoms with Crippen LogP contribution in [0.2, 0.25) is 0 Å². The number of rotatable bonds is 2. The van der Waals surface area contributed by atoms with Gasteiger partial charge >= 0.3 is 0 Å². The lowest BCUT2D eigenvalue weighted by atomic mass is 9.92. The Morgan fingerprint density at radius 3 is 2.68 bits per heavy atom. The molecule has 7 nitrogen and oxygen atoms in total. The fourth-order valence-electron chi connectivity index (χ4n) is 5.50. The molecule has 2 aliphatic rings. The van der Waals surface area contributed by atoms with E-state index < -0.39 is 11.9 Å². The zero-order chi connectivity index (χ0) is 26.4. The summed E-state index contributed by atoms with van der Waals surface area (Å²) in [5.74, 6) is -0.397. The minimum Gasteiger partial charge on any atom is -0.488 e. The summed E-state index contributed by atoms with van der Waals surface area (Å²) in [5.41, 5.74) is 5.73. The number of ether oxygens (including phenoxy) is 1. The summed E-state index contributed by atoms with van der Waals surface area (Å²) in [6.45, 7) is 1.47. The summed E-state index contributed by atoms with van der Waals surface area (Å²) in [7, 11) is 1.97. The van der Waals surface area contributed by atoms with Crippen molar-refractivity contribution in [1.29, 1.82) is 5.26 Å². The van der Waals surface area contributed by atoms with E-state index in [1.54, 1.807) is 12.1 Å². The summed E-state index contributed by atoms with van der Waals surface area (Å²) < 4.78 is 35.9. The number of imidazole rings is 1. The predicted molar refractivity (Wildman–Crippen MR) is 139 cm³/mol.